The lowest BCUT2D eigenvalue weighted by Gasteiger charge is -2.35. The fourth-order valence-corrected chi connectivity index (χ4v) is 3.16. The second-order valence-corrected chi connectivity index (χ2v) is 7.61. The van der Waals surface area contributed by atoms with Gasteiger partial charge < -0.3 is 15.2 Å². The number of imidazole rings is 1. The number of nitrogens with zero attached hydrogens (tertiary/aromatic N) is 3. The molecule has 0 spiro atoms. The summed E-state index contributed by atoms with van der Waals surface area (Å²) >= 11 is 0. The van der Waals surface area contributed by atoms with Gasteiger partial charge >= 0.3 is 0 Å². The lowest BCUT2D eigenvalue weighted by molar-refractivity contribution is -0.134. The molecule has 7 heteroatoms. The van der Waals surface area contributed by atoms with Crippen LogP contribution in [0.4, 0.5) is 0 Å². The molecule has 1 aromatic rings. The standard InChI is InChI=1S/C18H31N5O2/c1-13(2)10-22-6-5-20-18(25)16(22)7-17(24)21-9-15-8-19-12-23(15)11-14(3)4/h8,12-14,16H,5-7,9-11H2,1-4H3,(H,20,25)(H,21,24)/t16-/m1/s1. The summed E-state index contributed by atoms with van der Waals surface area (Å²) in [5.74, 6) is 0.820. The van der Waals surface area contributed by atoms with Crippen LogP contribution in [0.15, 0.2) is 12.5 Å². The molecule has 0 saturated carbocycles. The number of hydrogen-bond donors (Lipinski definition) is 2. The van der Waals surface area contributed by atoms with Crippen molar-refractivity contribution < 1.29 is 9.59 Å². The Kier molecular flexibility index (Phi) is 6.99. The minimum absolute atomic E-state index is 0.0492. The normalized spacial score (nSPS) is 18.6. The van der Waals surface area contributed by atoms with Crippen molar-refractivity contribution in [1.29, 1.82) is 0 Å². The molecule has 1 aromatic heterocycles. The van der Waals surface area contributed by atoms with E-state index in [4.69, 9.17) is 0 Å². The fraction of sp³-hybridized carbons (Fsp3) is 0.722. The summed E-state index contributed by atoms with van der Waals surface area (Å²) in [6.07, 6.45) is 3.76. The van der Waals surface area contributed by atoms with E-state index in [1.807, 2.05) is 0 Å². The molecule has 1 atom stereocenters. The first-order valence-electron chi connectivity index (χ1n) is 9.14. The zero-order chi connectivity index (χ0) is 18.4. The van der Waals surface area contributed by atoms with Crippen molar-refractivity contribution in [3.05, 3.63) is 18.2 Å². The van der Waals surface area contributed by atoms with E-state index in [9.17, 15) is 9.59 Å². The Hall–Kier alpha value is -1.89. The molecular weight excluding hydrogens is 318 g/mol. The Morgan fingerprint density at radius 1 is 1.32 bits per heavy atom. The van der Waals surface area contributed by atoms with Crippen molar-refractivity contribution in [2.75, 3.05) is 19.6 Å². The summed E-state index contributed by atoms with van der Waals surface area (Å²) in [5.41, 5.74) is 0.981. The van der Waals surface area contributed by atoms with Crippen LogP contribution in [0, 0.1) is 11.8 Å². The van der Waals surface area contributed by atoms with Gasteiger partial charge in [0, 0.05) is 32.4 Å². The Morgan fingerprint density at radius 2 is 2.04 bits per heavy atom. The van der Waals surface area contributed by atoms with Gasteiger partial charge in [-0.25, -0.2) is 4.98 Å². The number of nitrogens with one attached hydrogen (secondary N) is 2. The number of carbonyl (C=O) groups excluding carboxylic acids is 2. The molecule has 0 aliphatic carbocycles. The van der Waals surface area contributed by atoms with Crippen LogP contribution >= 0.6 is 0 Å². The van der Waals surface area contributed by atoms with Gasteiger partial charge in [-0.3, -0.25) is 14.5 Å². The van der Waals surface area contributed by atoms with Crippen LogP contribution in [0.1, 0.15) is 39.8 Å². The van der Waals surface area contributed by atoms with Crippen molar-refractivity contribution in [3.8, 4) is 0 Å². The van der Waals surface area contributed by atoms with Crippen molar-refractivity contribution in [1.82, 2.24) is 25.1 Å². The second-order valence-electron chi connectivity index (χ2n) is 7.61. The van der Waals surface area contributed by atoms with Gasteiger partial charge in [0.2, 0.25) is 11.8 Å². The van der Waals surface area contributed by atoms with E-state index in [2.05, 4.69) is 52.8 Å². The third kappa shape index (κ3) is 5.85. The summed E-state index contributed by atoms with van der Waals surface area (Å²) in [7, 11) is 0. The minimum Gasteiger partial charge on any atom is -0.353 e. The van der Waals surface area contributed by atoms with Crippen molar-refractivity contribution in [2.45, 2.75) is 53.2 Å². The molecule has 1 aliphatic heterocycles. The van der Waals surface area contributed by atoms with Gasteiger partial charge in [0.1, 0.15) is 0 Å². The Morgan fingerprint density at radius 3 is 2.72 bits per heavy atom. The summed E-state index contributed by atoms with van der Waals surface area (Å²) in [5, 5.41) is 5.80. The predicted octanol–water partition coefficient (Wildman–Crippen LogP) is 1.00. The first-order valence-corrected chi connectivity index (χ1v) is 9.14. The van der Waals surface area contributed by atoms with Crippen molar-refractivity contribution in [2.24, 2.45) is 11.8 Å². The summed E-state index contributed by atoms with van der Waals surface area (Å²) < 4.78 is 2.06. The van der Waals surface area contributed by atoms with Crippen LogP contribution in [0.2, 0.25) is 0 Å². The smallest absolute Gasteiger partial charge is 0.237 e. The minimum atomic E-state index is -0.378. The monoisotopic (exact) mass is 349 g/mol. The number of rotatable bonds is 8. The van der Waals surface area contributed by atoms with Crippen LogP contribution < -0.4 is 10.6 Å². The molecule has 0 radical (unpaired) electrons. The zero-order valence-corrected chi connectivity index (χ0v) is 15.8. The molecule has 0 unspecified atom stereocenters. The lowest BCUT2D eigenvalue weighted by atomic mass is 10.1. The molecule has 2 rings (SSSR count). The first kappa shape index (κ1) is 19.4. The van der Waals surface area contributed by atoms with Gasteiger partial charge in [-0.15, -0.1) is 0 Å². The summed E-state index contributed by atoms with van der Waals surface area (Å²) in [6, 6.07) is -0.378. The molecule has 1 saturated heterocycles. The van der Waals surface area contributed by atoms with Crippen molar-refractivity contribution in [3.63, 3.8) is 0 Å². The van der Waals surface area contributed by atoms with Crippen LogP contribution in [0.25, 0.3) is 0 Å². The van der Waals surface area contributed by atoms with E-state index in [1.165, 1.54) is 0 Å². The highest BCUT2D eigenvalue weighted by Gasteiger charge is 2.31. The molecular formula is C18H31N5O2. The number of aromatic nitrogens is 2. The number of carbonyl (C=O) groups is 2. The largest absolute Gasteiger partial charge is 0.353 e. The Balaban J connectivity index is 1.90. The van der Waals surface area contributed by atoms with Gasteiger partial charge in [0.05, 0.1) is 31.0 Å². The fourth-order valence-electron chi connectivity index (χ4n) is 3.16. The highest BCUT2D eigenvalue weighted by atomic mass is 16.2. The zero-order valence-electron chi connectivity index (χ0n) is 15.8. The molecule has 0 aromatic carbocycles. The molecule has 140 valence electrons. The Labute approximate surface area is 150 Å². The lowest BCUT2D eigenvalue weighted by Crippen LogP contribution is -2.57. The topological polar surface area (TPSA) is 79.3 Å². The maximum Gasteiger partial charge on any atom is 0.237 e. The molecule has 25 heavy (non-hydrogen) atoms. The first-order chi connectivity index (χ1) is 11.9. The Bertz CT molecular complexity index is 582. The third-order valence-electron chi connectivity index (χ3n) is 4.25. The van der Waals surface area contributed by atoms with Crippen LogP contribution in [0.5, 0.6) is 0 Å². The van der Waals surface area contributed by atoms with Gasteiger partial charge in [0.25, 0.3) is 0 Å². The predicted molar refractivity (Wildman–Crippen MR) is 96.7 cm³/mol. The third-order valence-corrected chi connectivity index (χ3v) is 4.25. The van der Waals surface area contributed by atoms with E-state index in [0.717, 1.165) is 25.3 Å². The quantitative estimate of drug-likeness (QED) is 0.734. The molecule has 1 aliphatic rings. The second kappa shape index (κ2) is 8.99. The van der Waals surface area contributed by atoms with E-state index < -0.39 is 0 Å². The summed E-state index contributed by atoms with van der Waals surface area (Å²) in [4.78, 5) is 30.8. The van der Waals surface area contributed by atoms with Gasteiger partial charge in [0.15, 0.2) is 0 Å². The molecule has 7 nitrogen and oxygen atoms in total. The van der Waals surface area contributed by atoms with E-state index in [0.29, 0.717) is 24.9 Å². The average Bonchev–Trinajstić information content (AvgIpc) is 2.94. The molecule has 1 fully saturated rings. The van der Waals surface area contributed by atoms with E-state index in [1.54, 1.807) is 12.5 Å². The number of amides is 2. The van der Waals surface area contributed by atoms with Gasteiger partial charge in [-0.05, 0) is 11.8 Å². The van der Waals surface area contributed by atoms with Crippen molar-refractivity contribution >= 4 is 11.8 Å². The number of hydrogen-bond acceptors (Lipinski definition) is 4. The molecule has 0 bridgehead atoms. The maximum absolute atomic E-state index is 12.4. The van der Waals surface area contributed by atoms with Crippen LogP contribution in [-0.2, 0) is 22.7 Å². The van der Waals surface area contributed by atoms with Crippen LogP contribution in [-0.4, -0.2) is 51.9 Å². The average molecular weight is 349 g/mol. The molecule has 2 N–H and O–H groups in total. The number of piperazine rings is 1. The maximum atomic E-state index is 12.4. The molecule has 2 heterocycles. The highest BCUT2D eigenvalue weighted by molar-refractivity contribution is 5.88. The summed E-state index contributed by atoms with van der Waals surface area (Å²) in [6.45, 7) is 12.1. The van der Waals surface area contributed by atoms with Gasteiger partial charge in [-0.2, -0.15) is 0 Å². The van der Waals surface area contributed by atoms with Gasteiger partial charge in [-0.1, -0.05) is 27.7 Å². The van der Waals surface area contributed by atoms with E-state index in [-0.39, 0.29) is 24.3 Å². The van der Waals surface area contributed by atoms with Crippen LogP contribution in [0.3, 0.4) is 0 Å². The molecule has 2 amide bonds. The van der Waals surface area contributed by atoms with E-state index >= 15 is 0 Å². The SMILES string of the molecule is CC(C)CN1CCNC(=O)[C@H]1CC(=O)NCc1cncn1CC(C)C. The highest BCUT2D eigenvalue weighted by Crippen LogP contribution is 2.12.